The first-order valence-corrected chi connectivity index (χ1v) is 13.2. The molecule has 180 valence electrons. The lowest BCUT2D eigenvalue weighted by molar-refractivity contribution is -0.135. The molecule has 1 saturated heterocycles. The van der Waals surface area contributed by atoms with E-state index >= 15 is 0 Å². The SMILES string of the molecule is CN(CCNC(=O)CN1C(=O)/C(=C/c2ccccc2)SC2CCCCC21)CCc1ccccc1. The number of likely N-dealkylation sites (N-methyl/N-ethyl adjacent to an activating group) is 1. The zero-order valence-electron chi connectivity index (χ0n) is 20.0. The lowest BCUT2D eigenvalue weighted by Crippen LogP contribution is -2.54. The van der Waals surface area contributed by atoms with Crippen molar-refractivity contribution < 1.29 is 9.59 Å². The minimum Gasteiger partial charge on any atom is -0.353 e. The number of hydrogen-bond donors (Lipinski definition) is 1. The van der Waals surface area contributed by atoms with Crippen LogP contribution in [0.25, 0.3) is 6.08 Å². The molecule has 1 saturated carbocycles. The number of thioether (sulfide) groups is 1. The lowest BCUT2D eigenvalue weighted by Gasteiger charge is -2.43. The van der Waals surface area contributed by atoms with Crippen LogP contribution in [-0.2, 0) is 16.0 Å². The second-order valence-corrected chi connectivity index (χ2v) is 10.5. The fraction of sp³-hybridized carbons (Fsp3) is 0.429. The maximum Gasteiger partial charge on any atom is 0.261 e. The summed E-state index contributed by atoms with van der Waals surface area (Å²) in [7, 11) is 2.08. The molecule has 0 aromatic heterocycles. The third-order valence-electron chi connectivity index (χ3n) is 6.67. The highest BCUT2D eigenvalue weighted by atomic mass is 32.2. The molecule has 1 heterocycles. The van der Waals surface area contributed by atoms with E-state index in [1.807, 2.05) is 47.4 Å². The van der Waals surface area contributed by atoms with Crippen molar-refractivity contribution in [2.24, 2.45) is 0 Å². The van der Waals surface area contributed by atoms with Gasteiger partial charge >= 0.3 is 0 Å². The highest BCUT2D eigenvalue weighted by Crippen LogP contribution is 2.42. The summed E-state index contributed by atoms with van der Waals surface area (Å²) in [6, 6.07) is 20.6. The topological polar surface area (TPSA) is 52.7 Å². The van der Waals surface area contributed by atoms with Gasteiger partial charge in [0, 0.05) is 30.9 Å². The van der Waals surface area contributed by atoms with E-state index in [0.29, 0.717) is 11.8 Å². The van der Waals surface area contributed by atoms with Gasteiger partial charge in [0.15, 0.2) is 0 Å². The third-order valence-corrected chi connectivity index (χ3v) is 8.07. The van der Waals surface area contributed by atoms with Crippen molar-refractivity contribution in [1.29, 1.82) is 0 Å². The van der Waals surface area contributed by atoms with E-state index in [1.165, 1.54) is 12.0 Å². The van der Waals surface area contributed by atoms with Crippen LogP contribution < -0.4 is 5.32 Å². The molecule has 1 aliphatic carbocycles. The molecular weight excluding hydrogens is 442 g/mol. The molecule has 4 rings (SSSR count). The van der Waals surface area contributed by atoms with Crippen molar-refractivity contribution >= 4 is 29.7 Å². The average molecular weight is 478 g/mol. The van der Waals surface area contributed by atoms with Gasteiger partial charge in [0.25, 0.3) is 5.91 Å². The summed E-state index contributed by atoms with van der Waals surface area (Å²) < 4.78 is 0. The first kappa shape index (κ1) is 24.6. The molecule has 2 unspecified atom stereocenters. The maximum absolute atomic E-state index is 13.4. The molecule has 2 aliphatic rings. The van der Waals surface area contributed by atoms with Crippen molar-refractivity contribution in [3.63, 3.8) is 0 Å². The van der Waals surface area contributed by atoms with Crippen LogP contribution in [0.1, 0.15) is 36.8 Å². The summed E-state index contributed by atoms with van der Waals surface area (Å²) in [5.74, 6) is -0.0766. The predicted molar refractivity (Wildman–Crippen MR) is 140 cm³/mol. The second kappa shape index (κ2) is 12.2. The summed E-state index contributed by atoms with van der Waals surface area (Å²) in [6.45, 7) is 2.45. The first-order chi connectivity index (χ1) is 16.6. The number of benzene rings is 2. The number of rotatable bonds is 9. The van der Waals surface area contributed by atoms with Gasteiger partial charge in [-0.05, 0) is 43.5 Å². The van der Waals surface area contributed by atoms with Crippen LogP contribution in [0.4, 0.5) is 0 Å². The van der Waals surface area contributed by atoms with Gasteiger partial charge in [0.05, 0.1) is 4.91 Å². The summed E-state index contributed by atoms with van der Waals surface area (Å²) >= 11 is 1.71. The Morgan fingerprint density at radius 1 is 1.06 bits per heavy atom. The van der Waals surface area contributed by atoms with Crippen LogP contribution in [0.5, 0.6) is 0 Å². The van der Waals surface area contributed by atoms with Gasteiger partial charge in [0.2, 0.25) is 5.91 Å². The molecule has 6 heteroatoms. The van der Waals surface area contributed by atoms with Crippen LogP contribution in [0, 0.1) is 0 Å². The molecule has 5 nitrogen and oxygen atoms in total. The maximum atomic E-state index is 13.4. The van der Waals surface area contributed by atoms with Gasteiger partial charge in [0.1, 0.15) is 6.54 Å². The van der Waals surface area contributed by atoms with E-state index < -0.39 is 0 Å². The highest BCUT2D eigenvalue weighted by Gasteiger charge is 2.41. The van der Waals surface area contributed by atoms with Crippen molar-refractivity contribution in [2.75, 3.05) is 33.2 Å². The largest absolute Gasteiger partial charge is 0.353 e. The van der Waals surface area contributed by atoms with E-state index in [9.17, 15) is 9.59 Å². The zero-order chi connectivity index (χ0) is 23.8. The summed E-state index contributed by atoms with van der Waals surface area (Å²) in [4.78, 5) is 31.0. The van der Waals surface area contributed by atoms with Crippen molar-refractivity contribution in [2.45, 2.75) is 43.4 Å². The molecule has 0 radical (unpaired) electrons. The Morgan fingerprint density at radius 3 is 2.53 bits per heavy atom. The van der Waals surface area contributed by atoms with Crippen molar-refractivity contribution in [3.8, 4) is 0 Å². The zero-order valence-corrected chi connectivity index (χ0v) is 20.8. The molecule has 2 amide bonds. The van der Waals surface area contributed by atoms with Gasteiger partial charge in [-0.3, -0.25) is 9.59 Å². The molecule has 2 fully saturated rings. The van der Waals surface area contributed by atoms with Crippen LogP contribution in [0.3, 0.4) is 0 Å². The van der Waals surface area contributed by atoms with E-state index in [0.717, 1.165) is 49.2 Å². The fourth-order valence-corrected chi connectivity index (χ4v) is 6.21. The molecule has 2 atom stereocenters. The van der Waals surface area contributed by atoms with Gasteiger partial charge in [-0.25, -0.2) is 0 Å². The van der Waals surface area contributed by atoms with E-state index in [1.54, 1.807) is 11.8 Å². The minimum absolute atomic E-state index is 0.00728. The van der Waals surface area contributed by atoms with Crippen molar-refractivity contribution in [1.82, 2.24) is 15.1 Å². The summed E-state index contributed by atoms with van der Waals surface area (Å²) in [5, 5.41) is 3.41. The Balaban J connectivity index is 1.30. The molecule has 1 N–H and O–H groups in total. The smallest absolute Gasteiger partial charge is 0.261 e. The van der Waals surface area contributed by atoms with Crippen LogP contribution >= 0.6 is 11.8 Å². The molecular formula is C28H35N3O2S. The minimum atomic E-state index is -0.0694. The van der Waals surface area contributed by atoms with Gasteiger partial charge < -0.3 is 15.1 Å². The Kier molecular flexibility index (Phi) is 8.83. The number of carbonyl (C=O) groups is 2. The second-order valence-electron chi connectivity index (χ2n) is 9.25. The normalized spacial score (nSPS) is 21.5. The Labute approximate surface area is 207 Å². The molecule has 2 aromatic rings. The molecule has 34 heavy (non-hydrogen) atoms. The van der Waals surface area contributed by atoms with Crippen LogP contribution in [0.15, 0.2) is 65.6 Å². The standard InChI is InChI=1S/C28H35N3O2S/c1-30(18-16-22-10-4-2-5-11-22)19-17-29-27(32)21-31-24-14-8-9-15-25(24)34-26(28(31)33)20-23-12-6-3-7-13-23/h2-7,10-13,20,24-25H,8-9,14-19,21H2,1H3,(H,29,32)/b26-20-. The molecule has 0 bridgehead atoms. The molecule has 0 spiro atoms. The average Bonchev–Trinajstić information content (AvgIpc) is 2.86. The number of amides is 2. The summed E-state index contributed by atoms with van der Waals surface area (Å²) in [6.07, 6.45) is 7.36. The Bertz CT molecular complexity index is 980. The quantitative estimate of drug-likeness (QED) is 0.550. The van der Waals surface area contributed by atoms with Gasteiger partial charge in [-0.2, -0.15) is 0 Å². The third kappa shape index (κ3) is 6.73. The monoisotopic (exact) mass is 477 g/mol. The number of carbonyl (C=O) groups excluding carboxylic acids is 2. The van der Waals surface area contributed by atoms with Crippen LogP contribution in [-0.4, -0.2) is 66.1 Å². The van der Waals surface area contributed by atoms with Crippen molar-refractivity contribution in [3.05, 3.63) is 76.7 Å². The van der Waals surface area contributed by atoms with Gasteiger partial charge in [-0.1, -0.05) is 73.5 Å². The number of nitrogens with zero attached hydrogens (tertiary/aromatic N) is 2. The summed E-state index contributed by atoms with van der Waals surface area (Å²) in [5.41, 5.74) is 2.34. The molecule has 2 aromatic carbocycles. The predicted octanol–water partition coefficient (Wildman–Crippen LogP) is 4.20. The van der Waals surface area contributed by atoms with Crippen LogP contribution in [0.2, 0.25) is 0 Å². The number of hydrogen-bond acceptors (Lipinski definition) is 4. The number of nitrogens with one attached hydrogen (secondary N) is 1. The first-order valence-electron chi connectivity index (χ1n) is 12.3. The highest BCUT2D eigenvalue weighted by molar-refractivity contribution is 8.04. The van der Waals surface area contributed by atoms with Gasteiger partial charge in [-0.15, -0.1) is 11.8 Å². The lowest BCUT2D eigenvalue weighted by atomic mass is 9.93. The molecule has 1 aliphatic heterocycles. The van der Waals surface area contributed by atoms with E-state index in [2.05, 4.69) is 41.5 Å². The Hall–Kier alpha value is -2.57. The van der Waals surface area contributed by atoms with E-state index in [-0.39, 0.29) is 24.4 Å². The Morgan fingerprint density at radius 2 is 1.76 bits per heavy atom. The number of fused-ring (bicyclic) bond motifs is 1. The van der Waals surface area contributed by atoms with E-state index in [4.69, 9.17) is 0 Å². The fourth-order valence-electron chi connectivity index (χ4n) is 4.74.